The van der Waals surface area contributed by atoms with Gasteiger partial charge in [-0.25, -0.2) is 4.39 Å². The van der Waals surface area contributed by atoms with E-state index in [9.17, 15) is 9.18 Å². The van der Waals surface area contributed by atoms with E-state index in [1.165, 1.54) is 18.2 Å². The van der Waals surface area contributed by atoms with Gasteiger partial charge in [0.05, 0.1) is 12.1 Å². The van der Waals surface area contributed by atoms with Gasteiger partial charge >= 0.3 is 0 Å². The Bertz CT molecular complexity index is 1020. The van der Waals surface area contributed by atoms with Crippen molar-refractivity contribution in [3.8, 4) is 17.1 Å². The number of rotatable bonds is 3. The number of benzene rings is 2. The number of methoxy groups -OCH3 is 1. The molecule has 0 fully saturated rings. The van der Waals surface area contributed by atoms with Gasteiger partial charge in [-0.2, -0.15) is 0 Å². The highest BCUT2D eigenvalue weighted by Crippen LogP contribution is 2.37. The van der Waals surface area contributed by atoms with Gasteiger partial charge in [0.1, 0.15) is 11.6 Å². The summed E-state index contributed by atoms with van der Waals surface area (Å²) < 4.78 is 23.9. The number of halogens is 2. The summed E-state index contributed by atoms with van der Waals surface area (Å²) in [7, 11) is 1.62. The molecule has 0 saturated heterocycles. The van der Waals surface area contributed by atoms with Crippen LogP contribution >= 0.6 is 11.6 Å². The van der Waals surface area contributed by atoms with Gasteiger partial charge in [0.15, 0.2) is 11.5 Å². The van der Waals surface area contributed by atoms with Crippen LogP contribution in [-0.4, -0.2) is 18.2 Å². The summed E-state index contributed by atoms with van der Waals surface area (Å²) in [5, 5.41) is 6.56. The molecule has 5 nitrogen and oxygen atoms in total. The molecule has 1 heterocycles. The number of hydrogen-bond acceptors (Lipinski definition) is 4. The monoisotopic (exact) mass is 372 g/mol. The molecule has 1 aliphatic carbocycles. The molecule has 7 heteroatoms. The van der Waals surface area contributed by atoms with Crippen LogP contribution in [0.15, 0.2) is 40.9 Å². The van der Waals surface area contributed by atoms with Crippen molar-refractivity contribution in [1.29, 1.82) is 0 Å². The number of amides is 1. The molecule has 0 atom stereocenters. The lowest BCUT2D eigenvalue weighted by Crippen LogP contribution is -2.16. The van der Waals surface area contributed by atoms with E-state index in [-0.39, 0.29) is 10.7 Å². The number of nitrogens with zero attached hydrogens (tertiary/aromatic N) is 1. The van der Waals surface area contributed by atoms with Crippen LogP contribution in [0.2, 0.25) is 5.02 Å². The molecule has 1 amide bonds. The highest BCUT2D eigenvalue weighted by atomic mass is 35.5. The first-order valence-electron chi connectivity index (χ1n) is 7.99. The third-order valence-corrected chi connectivity index (χ3v) is 4.67. The SMILES string of the molecule is COc1ccc2c(c1)CCc1c(C(=O)Nc3ccc(F)c(Cl)c3)noc1-2. The summed E-state index contributed by atoms with van der Waals surface area (Å²) in [6.07, 6.45) is 1.38. The first kappa shape index (κ1) is 16.6. The number of aryl methyl sites for hydroxylation is 1. The second-order valence-electron chi connectivity index (χ2n) is 5.94. The predicted molar refractivity (Wildman–Crippen MR) is 95.3 cm³/mol. The third kappa shape index (κ3) is 2.82. The number of fused-ring (bicyclic) bond motifs is 3. The maximum absolute atomic E-state index is 13.2. The zero-order chi connectivity index (χ0) is 18.3. The van der Waals surface area contributed by atoms with Crippen molar-refractivity contribution in [3.05, 3.63) is 64.1 Å². The van der Waals surface area contributed by atoms with Gasteiger partial charge in [-0.3, -0.25) is 4.79 Å². The predicted octanol–water partition coefficient (Wildman–Crippen LogP) is 4.49. The van der Waals surface area contributed by atoms with E-state index in [4.69, 9.17) is 20.9 Å². The molecule has 0 radical (unpaired) electrons. The highest BCUT2D eigenvalue weighted by molar-refractivity contribution is 6.31. The Morgan fingerprint density at radius 2 is 2.12 bits per heavy atom. The topological polar surface area (TPSA) is 64.4 Å². The van der Waals surface area contributed by atoms with Crippen molar-refractivity contribution >= 4 is 23.2 Å². The average molecular weight is 373 g/mol. The molecule has 0 aliphatic heterocycles. The Morgan fingerprint density at radius 3 is 2.88 bits per heavy atom. The minimum Gasteiger partial charge on any atom is -0.497 e. The Hall–Kier alpha value is -2.86. The fourth-order valence-electron chi connectivity index (χ4n) is 3.08. The zero-order valence-corrected chi connectivity index (χ0v) is 14.6. The molecule has 3 aromatic rings. The van der Waals surface area contributed by atoms with Crippen LogP contribution in [0, 0.1) is 5.82 Å². The average Bonchev–Trinajstić information content (AvgIpc) is 3.08. The fraction of sp³-hybridized carbons (Fsp3) is 0.158. The fourth-order valence-corrected chi connectivity index (χ4v) is 3.26. The minimum absolute atomic E-state index is 0.0622. The lowest BCUT2D eigenvalue weighted by atomic mass is 9.89. The van der Waals surface area contributed by atoms with Crippen LogP contribution in [-0.2, 0) is 12.8 Å². The van der Waals surface area contributed by atoms with Gasteiger partial charge < -0.3 is 14.6 Å². The quantitative estimate of drug-likeness (QED) is 0.735. The summed E-state index contributed by atoms with van der Waals surface area (Å²) >= 11 is 5.75. The van der Waals surface area contributed by atoms with Crippen LogP contribution in [0.5, 0.6) is 5.75 Å². The van der Waals surface area contributed by atoms with Crippen LogP contribution in [0.25, 0.3) is 11.3 Å². The van der Waals surface area contributed by atoms with Crippen molar-refractivity contribution in [1.82, 2.24) is 5.16 Å². The smallest absolute Gasteiger partial charge is 0.278 e. The Morgan fingerprint density at radius 1 is 1.27 bits per heavy atom. The summed E-state index contributed by atoms with van der Waals surface area (Å²) in [5.74, 6) is 0.402. The number of ether oxygens (including phenoxy) is 1. The van der Waals surface area contributed by atoms with E-state index >= 15 is 0 Å². The largest absolute Gasteiger partial charge is 0.497 e. The lowest BCUT2D eigenvalue weighted by molar-refractivity contribution is 0.101. The van der Waals surface area contributed by atoms with Gasteiger partial charge in [0, 0.05) is 16.8 Å². The number of hydrogen-bond donors (Lipinski definition) is 1. The standard InChI is InChI=1S/C19H14ClFN2O3/c1-25-12-4-6-13-10(8-12)2-5-14-17(23-26-18(13)14)19(24)22-11-3-7-16(21)15(20)9-11/h3-4,6-9H,2,5H2,1H3,(H,22,24). The number of carbonyl (C=O) groups is 1. The lowest BCUT2D eigenvalue weighted by Gasteiger charge is -2.15. The Balaban J connectivity index is 1.64. The molecule has 0 spiro atoms. The van der Waals surface area contributed by atoms with Crippen molar-refractivity contribution in [2.24, 2.45) is 0 Å². The second kappa shape index (κ2) is 6.46. The first-order chi connectivity index (χ1) is 12.6. The number of aromatic nitrogens is 1. The van der Waals surface area contributed by atoms with Crippen molar-refractivity contribution in [3.63, 3.8) is 0 Å². The van der Waals surface area contributed by atoms with Crippen LogP contribution in [0.1, 0.15) is 21.6 Å². The molecule has 1 N–H and O–H groups in total. The van der Waals surface area contributed by atoms with Crippen LogP contribution in [0.4, 0.5) is 10.1 Å². The van der Waals surface area contributed by atoms with Gasteiger partial charge in [-0.05, 0) is 54.8 Å². The maximum Gasteiger partial charge on any atom is 0.278 e. The number of nitrogens with one attached hydrogen (secondary N) is 1. The van der Waals surface area contributed by atoms with E-state index in [0.29, 0.717) is 17.9 Å². The zero-order valence-electron chi connectivity index (χ0n) is 13.8. The molecule has 0 bridgehead atoms. The summed E-state index contributed by atoms with van der Waals surface area (Å²) in [6.45, 7) is 0. The van der Waals surface area contributed by atoms with E-state index in [1.807, 2.05) is 18.2 Å². The molecule has 4 rings (SSSR count). The molecule has 0 saturated carbocycles. The van der Waals surface area contributed by atoms with E-state index < -0.39 is 11.7 Å². The molecular weight excluding hydrogens is 359 g/mol. The van der Waals surface area contributed by atoms with Crippen molar-refractivity contribution < 1.29 is 18.4 Å². The van der Waals surface area contributed by atoms with Crippen molar-refractivity contribution in [2.75, 3.05) is 12.4 Å². The van der Waals surface area contributed by atoms with Crippen molar-refractivity contribution in [2.45, 2.75) is 12.8 Å². The maximum atomic E-state index is 13.2. The summed E-state index contributed by atoms with van der Waals surface area (Å²) in [5.41, 5.74) is 3.36. The summed E-state index contributed by atoms with van der Waals surface area (Å²) in [4.78, 5) is 12.6. The third-order valence-electron chi connectivity index (χ3n) is 4.38. The van der Waals surface area contributed by atoms with Crippen LogP contribution in [0.3, 0.4) is 0 Å². The molecular formula is C19H14ClFN2O3. The Labute approximate surface area is 153 Å². The Kier molecular flexibility index (Phi) is 4.12. The van der Waals surface area contributed by atoms with Gasteiger partial charge in [0.2, 0.25) is 0 Å². The molecule has 1 aliphatic rings. The molecule has 132 valence electrons. The van der Waals surface area contributed by atoms with Gasteiger partial charge in [0.25, 0.3) is 5.91 Å². The first-order valence-corrected chi connectivity index (χ1v) is 8.37. The molecule has 0 unspecified atom stereocenters. The molecule has 2 aromatic carbocycles. The van der Waals surface area contributed by atoms with E-state index in [1.54, 1.807) is 7.11 Å². The molecule has 26 heavy (non-hydrogen) atoms. The number of anilines is 1. The van der Waals surface area contributed by atoms with Gasteiger partial charge in [-0.1, -0.05) is 16.8 Å². The van der Waals surface area contributed by atoms with E-state index in [0.717, 1.165) is 28.9 Å². The minimum atomic E-state index is -0.546. The summed E-state index contributed by atoms with van der Waals surface area (Å²) in [6, 6.07) is 9.69. The molecule has 1 aromatic heterocycles. The van der Waals surface area contributed by atoms with Gasteiger partial charge in [-0.15, -0.1) is 0 Å². The normalized spacial score (nSPS) is 12.3. The number of carbonyl (C=O) groups excluding carboxylic acids is 1. The highest BCUT2D eigenvalue weighted by Gasteiger charge is 2.28. The second-order valence-corrected chi connectivity index (χ2v) is 6.35. The van der Waals surface area contributed by atoms with Crippen LogP contribution < -0.4 is 10.1 Å². The van der Waals surface area contributed by atoms with E-state index in [2.05, 4.69) is 10.5 Å².